The molecule has 0 aromatic heterocycles. The number of hydrogen-bond acceptors (Lipinski definition) is 5. The molecule has 0 aliphatic carbocycles. The van der Waals surface area contributed by atoms with E-state index in [0.717, 1.165) is 27.2 Å². The predicted molar refractivity (Wildman–Crippen MR) is 137 cm³/mol. The van der Waals surface area contributed by atoms with E-state index in [2.05, 4.69) is 5.32 Å². The number of rotatable bonds is 6. The summed E-state index contributed by atoms with van der Waals surface area (Å²) in [6.45, 7) is 7.77. The molecule has 7 heteroatoms. The summed E-state index contributed by atoms with van der Waals surface area (Å²) in [4.78, 5) is 39.6. The van der Waals surface area contributed by atoms with Gasteiger partial charge < -0.3 is 10.1 Å². The molecule has 1 heterocycles. The van der Waals surface area contributed by atoms with Crippen molar-refractivity contribution in [2.24, 2.45) is 0 Å². The van der Waals surface area contributed by atoms with Gasteiger partial charge in [0, 0.05) is 5.69 Å². The third-order valence-corrected chi connectivity index (χ3v) is 6.35. The van der Waals surface area contributed by atoms with Gasteiger partial charge in [-0.05, 0) is 85.8 Å². The van der Waals surface area contributed by atoms with Crippen molar-refractivity contribution in [1.82, 2.24) is 0 Å². The van der Waals surface area contributed by atoms with Crippen LogP contribution in [0.3, 0.4) is 0 Å². The fourth-order valence-electron chi connectivity index (χ4n) is 3.96. The lowest BCUT2D eigenvalue weighted by molar-refractivity contribution is -0.120. The van der Waals surface area contributed by atoms with Crippen LogP contribution in [0.1, 0.15) is 39.5 Å². The Morgan fingerprint density at radius 2 is 1.66 bits per heavy atom. The Morgan fingerprint density at radius 3 is 2.34 bits per heavy atom. The van der Waals surface area contributed by atoms with Gasteiger partial charge in [0.2, 0.25) is 0 Å². The van der Waals surface area contributed by atoms with E-state index in [1.807, 2.05) is 52.0 Å². The Bertz CT molecular complexity index is 1380. The highest BCUT2D eigenvalue weighted by Gasteiger charge is 2.39. The minimum Gasteiger partial charge on any atom is -0.423 e. The van der Waals surface area contributed by atoms with E-state index in [-0.39, 0.29) is 10.7 Å². The number of hydrogen-bond donors (Lipinski definition) is 1. The van der Waals surface area contributed by atoms with Gasteiger partial charge >= 0.3 is 5.97 Å². The van der Waals surface area contributed by atoms with Gasteiger partial charge in [-0.3, -0.25) is 9.59 Å². The topological polar surface area (TPSA) is 75.7 Å². The summed E-state index contributed by atoms with van der Waals surface area (Å²) in [7, 11) is 0. The maximum absolute atomic E-state index is 13.1. The highest BCUT2D eigenvalue weighted by atomic mass is 35.5. The van der Waals surface area contributed by atoms with E-state index in [1.54, 1.807) is 36.4 Å². The number of halogens is 1. The second kappa shape index (κ2) is 9.76. The first-order valence-electron chi connectivity index (χ1n) is 11.2. The van der Waals surface area contributed by atoms with Crippen LogP contribution in [-0.2, 0) is 16.0 Å². The monoisotopic (exact) mass is 488 g/mol. The number of benzene rings is 3. The van der Waals surface area contributed by atoms with Crippen LogP contribution in [0.5, 0.6) is 5.75 Å². The molecule has 0 saturated carbocycles. The molecule has 6 nitrogen and oxygen atoms in total. The maximum Gasteiger partial charge on any atom is 0.343 e. The van der Waals surface area contributed by atoms with Crippen molar-refractivity contribution < 1.29 is 19.1 Å². The molecule has 35 heavy (non-hydrogen) atoms. The molecule has 178 valence electrons. The van der Waals surface area contributed by atoms with Gasteiger partial charge in [-0.2, -0.15) is 0 Å². The average molecular weight is 489 g/mol. The van der Waals surface area contributed by atoms with E-state index < -0.39 is 17.8 Å². The number of aryl methyl sites for hydroxylation is 3. The van der Waals surface area contributed by atoms with Crippen LogP contribution in [0.15, 0.2) is 71.4 Å². The van der Waals surface area contributed by atoms with Crippen LogP contribution < -0.4 is 15.0 Å². The fraction of sp³-hybridized carbons (Fsp3) is 0.179. The van der Waals surface area contributed by atoms with E-state index in [0.29, 0.717) is 29.1 Å². The minimum atomic E-state index is -0.580. The lowest BCUT2D eigenvalue weighted by Gasteiger charge is -2.18. The van der Waals surface area contributed by atoms with Crippen molar-refractivity contribution >= 4 is 40.8 Å². The number of carbonyl (C=O) groups excluding carboxylic acids is 3. The van der Waals surface area contributed by atoms with Gasteiger partial charge in [0.25, 0.3) is 11.8 Å². The summed E-state index contributed by atoms with van der Waals surface area (Å²) < 4.78 is 5.60. The number of para-hydroxylation sites is 1. The Morgan fingerprint density at radius 1 is 0.971 bits per heavy atom. The molecule has 1 aliphatic rings. The van der Waals surface area contributed by atoms with Gasteiger partial charge in [-0.25, -0.2) is 9.69 Å². The maximum atomic E-state index is 13.1. The first-order chi connectivity index (χ1) is 16.7. The van der Waals surface area contributed by atoms with Crippen molar-refractivity contribution in [3.63, 3.8) is 0 Å². The minimum absolute atomic E-state index is 0.0104. The molecule has 0 saturated heterocycles. The van der Waals surface area contributed by atoms with Crippen molar-refractivity contribution in [3.8, 4) is 5.75 Å². The van der Waals surface area contributed by atoms with Crippen molar-refractivity contribution in [2.45, 2.75) is 34.1 Å². The molecule has 2 amide bonds. The molecule has 1 aliphatic heterocycles. The number of imide groups is 1. The highest BCUT2D eigenvalue weighted by Crippen LogP contribution is 2.32. The SMILES string of the molecule is CCc1ccccc1N1C(=O)C(Cl)=C(Nc2ccc(C(=O)Oc3cc(C)cc(C)c3C)cc2)C1=O. The highest BCUT2D eigenvalue weighted by molar-refractivity contribution is 6.53. The molecule has 0 radical (unpaired) electrons. The smallest absolute Gasteiger partial charge is 0.343 e. The average Bonchev–Trinajstić information content (AvgIpc) is 3.05. The van der Waals surface area contributed by atoms with Crippen LogP contribution in [0.2, 0.25) is 0 Å². The molecular weight excluding hydrogens is 464 g/mol. The molecule has 3 aromatic carbocycles. The third-order valence-electron chi connectivity index (χ3n) is 6.00. The molecule has 0 fully saturated rings. The number of nitrogens with one attached hydrogen (secondary N) is 1. The number of anilines is 2. The Balaban J connectivity index is 1.51. The fourth-order valence-corrected chi connectivity index (χ4v) is 4.17. The Labute approximate surface area is 209 Å². The summed E-state index contributed by atoms with van der Waals surface area (Å²) in [5.74, 6) is -1.08. The quantitative estimate of drug-likeness (QED) is 0.268. The zero-order valence-electron chi connectivity index (χ0n) is 19.9. The standard InChI is InChI=1S/C28H25ClN2O4/c1-5-19-8-6-7-9-22(19)31-26(32)24(29)25(27(31)33)30-21-12-10-20(11-13-21)28(34)35-23-15-16(2)14-17(3)18(23)4/h6-15,30H,5H2,1-4H3. The largest absolute Gasteiger partial charge is 0.423 e. The van der Waals surface area contributed by atoms with Gasteiger partial charge in [0.1, 0.15) is 16.5 Å². The number of amides is 2. The Hall–Kier alpha value is -3.90. The van der Waals surface area contributed by atoms with Gasteiger partial charge in [-0.1, -0.05) is 42.8 Å². The molecule has 0 bridgehead atoms. The van der Waals surface area contributed by atoms with Gasteiger partial charge in [0.15, 0.2) is 0 Å². The number of carbonyl (C=O) groups is 3. The second-order valence-corrected chi connectivity index (χ2v) is 8.79. The molecular formula is C28H25ClN2O4. The van der Waals surface area contributed by atoms with E-state index in [1.165, 1.54) is 0 Å². The van der Waals surface area contributed by atoms with Crippen molar-refractivity contribution in [1.29, 1.82) is 0 Å². The van der Waals surface area contributed by atoms with Crippen LogP contribution in [0.25, 0.3) is 0 Å². The van der Waals surface area contributed by atoms with Crippen molar-refractivity contribution in [3.05, 3.63) is 99.2 Å². The normalized spacial score (nSPS) is 13.5. The van der Waals surface area contributed by atoms with E-state index >= 15 is 0 Å². The first kappa shape index (κ1) is 24.2. The Kier molecular flexibility index (Phi) is 6.76. The third kappa shape index (κ3) is 4.70. The molecule has 1 N–H and O–H groups in total. The van der Waals surface area contributed by atoms with Crippen LogP contribution in [0, 0.1) is 20.8 Å². The zero-order chi connectivity index (χ0) is 25.3. The summed E-state index contributed by atoms with van der Waals surface area (Å²) in [6.07, 6.45) is 0.660. The molecule has 4 rings (SSSR count). The van der Waals surface area contributed by atoms with Crippen LogP contribution in [-0.4, -0.2) is 17.8 Å². The van der Waals surface area contributed by atoms with Crippen LogP contribution >= 0.6 is 11.6 Å². The summed E-state index contributed by atoms with van der Waals surface area (Å²) in [5.41, 5.74) is 5.18. The number of esters is 1. The number of ether oxygens (including phenoxy) is 1. The molecule has 0 spiro atoms. The van der Waals surface area contributed by atoms with E-state index in [9.17, 15) is 14.4 Å². The van der Waals surface area contributed by atoms with Crippen LogP contribution in [0.4, 0.5) is 11.4 Å². The summed E-state index contributed by atoms with van der Waals surface area (Å²) in [5, 5.41) is 2.75. The molecule has 0 atom stereocenters. The summed E-state index contributed by atoms with van der Waals surface area (Å²) in [6, 6.07) is 17.5. The molecule has 3 aromatic rings. The lowest BCUT2D eigenvalue weighted by Crippen LogP contribution is -2.33. The lowest BCUT2D eigenvalue weighted by atomic mass is 10.1. The predicted octanol–water partition coefficient (Wildman–Crippen LogP) is 5.83. The summed E-state index contributed by atoms with van der Waals surface area (Å²) >= 11 is 6.26. The number of nitrogens with zero attached hydrogens (tertiary/aromatic N) is 1. The van der Waals surface area contributed by atoms with E-state index in [4.69, 9.17) is 16.3 Å². The second-order valence-electron chi connectivity index (χ2n) is 8.41. The van der Waals surface area contributed by atoms with Gasteiger partial charge in [-0.15, -0.1) is 0 Å². The first-order valence-corrected chi connectivity index (χ1v) is 11.6. The van der Waals surface area contributed by atoms with Gasteiger partial charge in [0.05, 0.1) is 11.3 Å². The van der Waals surface area contributed by atoms with Crippen molar-refractivity contribution in [2.75, 3.05) is 10.2 Å². The molecule has 0 unspecified atom stereocenters. The zero-order valence-corrected chi connectivity index (χ0v) is 20.7.